The summed E-state index contributed by atoms with van der Waals surface area (Å²) in [5, 5.41) is 13.0. The van der Waals surface area contributed by atoms with Crippen molar-refractivity contribution in [3.8, 4) is 5.75 Å². The Balaban J connectivity index is 2.07. The van der Waals surface area contributed by atoms with Crippen molar-refractivity contribution < 1.29 is 5.11 Å². The highest BCUT2D eigenvalue weighted by atomic mass is 79.9. The third-order valence-corrected chi connectivity index (χ3v) is 3.06. The molecule has 2 N–H and O–H groups in total. The van der Waals surface area contributed by atoms with Crippen LogP contribution in [-0.4, -0.2) is 10.1 Å². The van der Waals surface area contributed by atoms with E-state index >= 15 is 0 Å². The van der Waals surface area contributed by atoms with Crippen LogP contribution in [-0.2, 0) is 6.54 Å². The van der Waals surface area contributed by atoms with E-state index < -0.39 is 0 Å². The molecule has 0 spiro atoms. The van der Waals surface area contributed by atoms with Gasteiger partial charge in [-0.2, -0.15) is 0 Å². The molecule has 0 radical (unpaired) electrons. The van der Waals surface area contributed by atoms with Crippen LogP contribution < -0.4 is 5.32 Å². The van der Waals surface area contributed by atoms with E-state index in [1.165, 1.54) is 0 Å². The molecule has 0 bridgehead atoms. The van der Waals surface area contributed by atoms with Crippen molar-refractivity contribution in [2.75, 3.05) is 5.32 Å². The summed E-state index contributed by atoms with van der Waals surface area (Å²) in [6, 6.07) is 8.83. The fourth-order valence-electron chi connectivity index (χ4n) is 1.36. The molecule has 17 heavy (non-hydrogen) atoms. The predicted octanol–water partition coefficient (Wildman–Crippen LogP) is 3.82. The number of benzene rings is 1. The average Bonchev–Trinajstić information content (AvgIpc) is 2.32. The molecule has 0 fully saturated rings. The summed E-state index contributed by atoms with van der Waals surface area (Å²) in [4.78, 5) is 4.09. The lowest BCUT2D eigenvalue weighted by molar-refractivity contribution is 0.475. The summed E-state index contributed by atoms with van der Waals surface area (Å²) in [5.74, 6) is 0.263. The van der Waals surface area contributed by atoms with Crippen molar-refractivity contribution in [2.45, 2.75) is 6.54 Å². The molecular formula is C12H10BrClN2O. The van der Waals surface area contributed by atoms with Gasteiger partial charge in [0.1, 0.15) is 10.4 Å². The first kappa shape index (κ1) is 12.2. The molecule has 0 unspecified atom stereocenters. The molecule has 0 saturated carbocycles. The van der Waals surface area contributed by atoms with E-state index in [2.05, 4.69) is 26.2 Å². The first-order valence-electron chi connectivity index (χ1n) is 4.98. The normalized spacial score (nSPS) is 10.2. The van der Waals surface area contributed by atoms with Crippen molar-refractivity contribution in [1.82, 2.24) is 4.98 Å². The Morgan fingerprint density at radius 3 is 2.71 bits per heavy atom. The zero-order valence-corrected chi connectivity index (χ0v) is 11.2. The third kappa shape index (κ3) is 3.35. The molecule has 0 aliphatic carbocycles. The number of phenolic OH excluding ortho intramolecular Hbond substituents is 1. The lowest BCUT2D eigenvalue weighted by Gasteiger charge is -2.08. The molecule has 0 aliphatic heterocycles. The van der Waals surface area contributed by atoms with E-state index in [1.54, 1.807) is 24.4 Å². The molecule has 1 aromatic heterocycles. The number of hydrogen-bond donors (Lipinski definition) is 2. The Bertz CT molecular complexity index is 516. The van der Waals surface area contributed by atoms with Crippen LogP contribution in [0.1, 0.15) is 5.56 Å². The van der Waals surface area contributed by atoms with Gasteiger partial charge >= 0.3 is 0 Å². The van der Waals surface area contributed by atoms with E-state index in [0.717, 1.165) is 15.9 Å². The maximum atomic E-state index is 9.17. The van der Waals surface area contributed by atoms with Gasteiger partial charge < -0.3 is 10.4 Å². The Kier molecular flexibility index (Phi) is 3.86. The predicted molar refractivity (Wildman–Crippen MR) is 72.4 cm³/mol. The van der Waals surface area contributed by atoms with Crippen molar-refractivity contribution in [2.24, 2.45) is 0 Å². The molecule has 0 saturated heterocycles. The van der Waals surface area contributed by atoms with Crippen LogP contribution >= 0.6 is 27.5 Å². The first-order valence-corrected chi connectivity index (χ1v) is 6.15. The van der Waals surface area contributed by atoms with Crippen molar-refractivity contribution in [3.63, 3.8) is 0 Å². The Morgan fingerprint density at radius 1 is 1.29 bits per heavy atom. The summed E-state index contributed by atoms with van der Waals surface area (Å²) >= 11 is 9.21. The van der Waals surface area contributed by atoms with Crippen LogP contribution in [0.5, 0.6) is 5.75 Å². The van der Waals surface area contributed by atoms with Gasteiger partial charge in [-0.1, -0.05) is 23.7 Å². The van der Waals surface area contributed by atoms with Gasteiger partial charge in [0.2, 0.25) is 0 Å². The maximum Gasteiger partial charge on any atom is 0.129 e. The van der Waals surface area contributed by atoms with Gasteiger partial charge in [-0.15, -0.1) is 0 Å². The second-order valence-corrected chi connectivity index (χ2v) is 4.70. The van der Waals surface area contributed by atoms with E-state index in [1.807, 2.05) is 12.1 Å². The molecule has 0 atom stereocenters. The van der Waals surface area contributed by atoms with Gasteiger partial charge in [0, 0.05) is 12.7 Å². The first-order chi connectivity index (χ1) is 8.15. The molecular weight excluding hydrogens is 304 g/mol. The number of halogens is 2. The minimum Gasteiger partial charge on any atom is -0.508 e. The highest BCUT2D eigenvalue weighted by molar-refractivity contribution is 9.10. The van der Waals surface area contributed by atoms with Gasteiger partial charge in [0.15, 0.2) is 0 Å². The molecule has 0 aliphatic rings. The standard InChI is InChI=1S/C12H10BrClN2O/c13-12-11(5-9(14)7-16-12)15-6-8-1-3-10(17)4-2-8/h1-5,7,15,17H,6H2. The molecule has 88 valence electrons. The number of nitrogens with one attached hydrogen (secondary N) is 1. The zero-order valence-electron chi connectivity index (χ0n) is 8.82. The Morgan fingerprint density at radius 2 is 2.00 bits per heavy atom. The number of nitrogens with zero attached hydrogens (tertiary/aromatic N) is 1. The van der Waals surface area contributed by atoms with Crippen LogP contribution in [0, 0.1) is 0 Å². The van der Waals surface area contributed by atoms with Crippen LogP contribution in [0.15, 0.2) is 41.1 Å². The Labute approximate surface area is 113 Å². The van der Waals surface area contributed by atoms with Crippen LogP contribution in [0.3, 0.4) is 0 Å². The molecule has 5 heteroatoms. The van der Waals surface area contributed by atoms with Crippen LogP contribution in [0.2, 0.25) is 5.02 Å². The highest BCUT2D eigenvalue weighted by Crippen LogP contribution is 2.23. The van der Waals surface area contributed by atoms with E-state index in [0.29, 0.717) is 11.6 Å². The minimum atomic E-state index is 0.263. The quantitative estimate of drug-likeness (QED) is 0.847. The summed E-state index contributed by atoms with van der Waals surface area (Å²) in [6.07, 6.45) is 1.58. The molecule has 2 aromatic rings. The lowest BCUT2D eigenvalue weighted by atomic mass is 10.2. The number of aromatic nitrogens is 1. The zero-order chi connectivity index (χ0) is 12.3. The monoisotopic (exact) mass is 312 g/mol. The van der Waals surface area contributed by atoms with Gasteiger partial charge in [-0.3, -0.25) is 0 Å². The number of anilines is 1. The van der Waals surface area contributed by atoms with Crippen molar-refractivity contribution in [3.05, 3.63) is 51.7 Å². The second kappa shape index (κ2) is 5.38. The van der Waals surface area contributed by atoms with E-state index in [-0.39, 0.29) is 5.75 Å². The van der Waals surface area contributed by atoms with Crippen LogP contribution in [0.25, 0.3) is 0 Å². The van der Waals surface area contributed by atoms with Crippen molar-refractivity contribution in [1.29, 1.82) is 0 Å². The van der Waals surface area contributed by atoms with E-state index in [9.17, 15) is 0 Å². The lowest BCUT2D eigenvalue weighted by Crippen LogP contribution is -2.00. The summed E-state index contributed by atoms with van der Waals surface area (Å²) in [5.41, 5.74) is 1.90. The van der Waals surface area contributed by atoms with E-state index in [4.69, 9.17) is 16.7 Å². The maximum absolute atomic E-state index is 9.17. The molecule has 0 amide bonds. The van der Waals surface area contributed by atoms with Gasteiger partial charge in [-0.25, -0.2) is 4.98 Å². The molecule has 3 nitrogen and oxygen atoms in total. The minimum absolute atomic E-state index is 0.263. The molecule has 1 heterocycles. The third-order valence-electron chi connectivity index (χ3n) is 2.23. The van der Waals surface area contributed by atoms with Crippen LogP contribution in [0.4, 0.5) is 5.69 Å². The smallest absolute Gasteiger partial charge is 0.129 e. The van der Waals surface area contributed by atoms with Gasteiger partial charge in [-0.05, 0) is 39.7 Å². The summed E-state index contributed by atoms with van der Waals surface area (Å²) in [6.45, 7) is 0.640. The SMILES string of the molecule is Oc1ccc(CNc2cc(Cl)cnc2Br)cc1. The number of hydrogen-bond acceptors (Lipinski definition) is 3. The fourth-order valence-corrected chi connectivity index (χ4v) is 1.87. The molecule has 1 aromatic carbocycles. The summed E-state index contributed by atoms with van der Waals surface area (Å²) < 4.78 is 0.723. The number of aromatic hydroxyl groups is 1. The summed E-state index contributed by atoms with van der Waals surface area (Å²) in [7, 11) is 0. The number of phenols is 1. The topological polar surface area (TPSA) is 45.1 Å². The second-order valence-electron chi connectivity index (χ2n) is 3.51. The molecule has 2 rings (SSSR count). The van der Waals surface area contributed by atoms with Gasteiger partial charge in [0.25, 0.3) is 0 Å². The highest BCUT2D eigenvalue weighted by Gasteiger charge is 2.02. The Hall–Kier alpha value is -1.26. The van der Waals surface area contributed by atoms with Gasteiger partial charge in [0.05, 0.1) is 10.7 Å². The average molecular weight is 314 g/mol. The number of pyridine rings is 1. The number of rotatable bonds is 3. The van der Waals surface area contributed by atoms with Crippen molar-refractivity contribution >= 4 is 33.2 Å². The fraction of sp³-hybridized carbons (Fsp3) is 0.0833. The largest absolute Gasteiger partial charge is 0.508 e.